The molecule has 2 aromatic rings. The monoisotopic (exact) mass is 340 g/mol. The van der Waals surface area contributed by atoms with Gasteiger partial charge < -0.3 is 9.84 Å². The van der Waals surface area contributed by atoms with Gasteiger partial charge in [-0.25, -0.2) is 9.59 Å². The minimum atomic E-state index is -1.72. The number of carbonyl (C=O) groups excluding carboxylic acids is 4. The average Bonchev–Trinajstić information content (AvgIpc) is 2.65. The fraction of sp³-hybridized carbons (Fsp3) is 0.0556. The summed E-state index contributed by atoms with van der Waals surface area (Å²) in [7, 11) is 0. The number of ether oxygens (including phenoxy) is 1. The molecule has 0 saturated heterocycles. The highest BCUT2D eigenvalue weighted by Gasteiger charge is 2.20. The van der Waals surface area contributed by atoms with Crippen LogP contribution in [-0.4, -0.2) is 41.0 Å². The number of carbonyl (C=O) groups is 5. The Morgan fingerprint density at radius 3 is 1.96 bits per heavy atom. The highest BCUT2D eigenvalue weighted by molar-refractivity contribution is 6.49. The number of benzene rings is 2. The number of rotatable bonds is 7. The van der Waals surface area contributed by atoms with Crippen LogP contribution in [0.4, 0.5) is 0 Å². The van der Waals surface area contributed by atoms with Gasteiger partial charge in [0, 0.05) is 11.1 Å². The van der Waals surface area contributed by atoms with Gasteiger partial charge in [0.25, 0.3) is 5.78 Å². The maximum Gasteiger partial charge on any atom is 0.375 e. The highest BCUT2D eigenvalue weighted by Crippen LogP contribution is 2.11. The molecule has 0 fully saturated rings. The van der Waals surface area contributed by atoms with Gasteiger partial charge in [-0.2, -0.15) is 0 Å². The molecular formula is C18H12O7. The molecule has 7 heteroatoms. The Bertz CT molecular complexity index is 853. The molecular weight excluding hydrogens is 328 g/mol. The summed E-state index contributed by atoms with van der Waals surface area (Å²) in [4.78, 5) is 57.5. The summed E-state index contributed by atoms with van der Waals surface area (Å²) in [6.45, 7) is -0.921. The molecule has 0 atom stereocenters. The lowest BCUT2D eigenvalue weighted by Crippen LogP contribution is -2.21. The Morgan fingerprint density at radius 1 is 0.760 bits per heavy atom. The number of carboxylic acids is 1. The largest absolute Gasteiger partial charge is 0.475 e. The van der Waals surface area contributed by atoms with Crippen LogP contribution in [0.1, 0.15) is 31.1 Å². The molecule has 1 N–H and O–H groups in total. The standard InChI is InChI=1S/C18H12O7/c19-14(17(22)23)10-25-18(24)13-8-4-7-12(9-13)16(21)15(20)11-5-2-1-3-6-11/h1-9H,10H2,(H,22,23). The lowest BCUT2D eigenvalue weighted by molar-refractivity contribution is -0.150. The molecule has 0 aliphatic rings. The average molecular weight is 340 g/mol. The minimum Gasteiger partial charge on any atom is -0.475 e. The number of hydrogen-bond donors (Lipinski definition) is 1. The molecule has 0 bridgehead atoms. The Kier molecular flexibility index (Phi) is 5.52. The van der Waals surface area contributed by atoms with Crippen molar-refractivity contribution in [3.8, 4) is 0 Å². The van der Waals surface area contributed by atoms with E-state index in [1.54, 1.807) is 18.2 Å². The van der Waals surface area contributed by atoms with Crippen molar-refractivity contribution >= 4 is 29.3 Å². The molecule has 0 aliphatic carbocycles. The molecule has 0 unspecified atom stereocenters. The van der Waals surface area contributed by atoms with Crippen molar-refractivity contribution < 1.29 is 33.8 Å². The van der Waals surface area contributed by atoms with Crippen LogP contribution in [0.25, 0.3) is 0 Å². The number of esters is 1. The van der Waals surface area contributed by atoms with Crippen molar-refractivity contribution in [2.45, 2.75) is 0 Å². The van der Waals surface area contributed by atoms with Crippen LogP contribution in [0.2, 0.25) is 0 Å². The molecule has 7 nitrogen and oxygen atoms in total. The molecule has 0 aromatic heterocycles. The van der Waals surface area contributed by atoms with Crippen LogP contribution in [0.3, 0.4) is 0 Å². The van der Waals surface area contributed by atoms with Crippen LogP contribution in [0.15, 0.2) is 54.6 Å². The van der Waals surface area contributed by atoms with Gasteiger partial charge in [-0.15, -0.1) is 0 Å². The summed E-state index contributed by atoms with van der Waals surface area (Å²) in [5.41, 5.74) is 0.116. The van der Waals surface area contributed by atoms with Gasteiger partial charge in [0.1, 0.15) is 0 Å². The summed E-state index contributed by atoms with van der Waals surface area (Å²) in [5.74, 6) is -5.50. The first-order chi connectivity index (χ1) is 11.9. The third-order valence-corrected chi connectivity index (χ3v) is 3.18. The van der Waals surface area contributed by atoms with E-state index in [0.29, 0.717) is 0 Å². The van der Waals surface area contributed by atoms with Crippen molar-refractivity contribution in [3.05, 3.63) is 71.3 Å². The van der Waals surface area contributed by atoms with Crippen LogP contribution in [0, 0.1) is 0 Å². The zero-order chi connectivity index (χ0) is 18.4. The fourth-order valence-electron chi connectivity index (χ4n) is 1.92. The molecule has 0 heterocycles. The highest BCUT2D eigenvalue weighted by atomic mass is 16.5. The maximum atomic E-state index is 12.2. The molecule has 2 rings (SSSR count). The van der Waals surface area contributed by atoms with E-state index in [9.17, 15) is 24.0 Å². The van der Waals surface area contributed by atoms with E-state index in [0.717, 1.165) is 6.07 Å². The molecule has 0 saturated carbocycles. The van der Waals surface area contributed by atoms with Gasteiger partial charge in [-0.1, -0.05) is 42.5 Å². The molecule has 2 aromatic carbocycles. The van der Waals surface area contributed by atoms with Crippen LogP contribution in [0.5, 0.6) is 0 Å². The van der Waals surface area contributed by atoms with Gasteiger partial charge in [-0.3, -0.25) is 14.4 Å². The number of Topliss-reactive ketones (excluding diaryl/α,β-unsaturated/α-hetero) is 3. The predicted molar refractivity (Wildman–Crippen MR) is 84.5 cm³/mol. The summed E-state index contributed by atoms with van der Waals surface area (Å²) < 4.78 is 4.57. The van der Waals surface area contributed by atoms with Gasteiger partial charge in [-0.05, 0) is 12.1 Å². The Balaban J connectivity index is 2.14. The van der Waals surface area contributed by atoms with Crippen LogP contribution in [-0.2, 0) is 14.3 Å². The van der Waals surface area contributed by atoms with Crippen molar-refractivity contribution in [1.29, 1.82) is 0 Å². The van der Waals surface area contributed by atoms with E-state index >= 15 is 0 Å². The smallest absolute Gasteiger partial charge is 0.375 e. The lowest BCUT2D eigenvalue weighted by Gasteiger charge is -2.05. The van der Waals surface area contributed by atoms with E-state index in [2.05, 4.69) is 4.74 Å². The molecule has 126 valence electrons. The molecule has 0 radical (unpaired) electrons. The number of hydrogen-bond acceptors (Lipinski definition) is 6. The van der Waals surface area contributed by atoms with Crippen LogP contribution >= 0.6 is 0 Å². The topological polar surface area (TPSA) is 115 Å². The molecule has 0 spiro atoms. The Hall–Kier alpha value is -3.61. The van der Waals surface area contributed by atoms with Crippen molar-refractivity contribution in [1.82, 2.24) is 0 Å². The van der Waals surface area contributed by atoms with Crippen LogP contribution < -0.4 is 0 Å². The van der Waals surface area contributed by atoms with Crippen molar-refractivity contribution in [3.63, 3.8) is 0 Å². The van der Waals surface area contributed by atoms with Crippen molar-refractivity contribution in [2.75, 3.05) is 6.61 Å². The first kappa shape index (κ1) is 17.7. The van der Waals surface area contributed by atoms with Crippen molar-refractivity contribution in [2.24, 2.45) is 0 Å². The van der Waals surface area contributed by atoms with Gasteiger partial charge in [0.05, 0.1) is 5.56 Å². The number of ketones is 3. The lowest BCUT2D eigenvalue weighted by atomic mass is 10.00. The number of carboxylic acid groups (broad SMARTS) is 1. The Morgan fingerprint density at radius 2 is 1.32 bits per heavy atom. The molecule has 25 heavy (non-hydrogen) atoms. The first-order valence-corrected chi connectivity index (χ1v) is 7.07. The summed E-state index contributed by atoms with van der Waals surface area (Å²) in [5, 5.41) is 8.43. The van der Waals surface area contributed by atoms with E-state index < -0.39 is 35.9 Å². The van der Waals surface area contributed by atoms with Gasteiger partial charge >= 0.3 is 11.9 Å². The zero-order valence-corrected chi connectivity index (χ0v) is 12.8. The van der Waals surface area contributed by atoms with Gasteiger partial charge in [0.2, 0.25) is 11.6 Å². The maximum absolute atomic E-state index is 12.2. The third-order valence-electron chi connectivity index (χ3n) is 3.18. The summed E-state index contributed by atoms with van der Waals surface area (Å²) >= 11 is 0. The summed E-state index contributed by atoms with van der Waals surface area (Å²) in [6, 6.07) is 13.1. The fourth-order valence-corrected chi connectivity index (χ4v) is 1.92. The van der Waals surface area contributed by atoms with E-state index in [1.165, 1.54) is 30.3 Å². The number of aliphatic carboxylic acids is 1. The zero-order valence-electron chi connectivity index (χ0n) is 12.8. The second-order valence-electron chi connectivity index (χ2n) is 4.91. The predicted octanol–water partition coefficient (Wildman–Crippen LogP) is 1.56. The molecule has 0 aliphatic heterocycles. The quantitative estimate of drug-likeness (QED) is 0.462. The first-order valence-electron chi connectivity index (χ1n) is 7.07. The van der Waals surface area contributed by atoms with E-state index in [4.69, 9.17) is 5.11 Å². The minimum absolute atomic E-state index is 0.0205. The SMILES string of the molecule is O=C(O)C(=O)COC(=O)c1cccc(C(=O)C(=O)c2ccccc2)c1. The van der Waals surface area contributed by atoms with E-state index in [1.807, 2.05) is 0 Å². The van der Waals surface area contributed by atoms with E-state index in [-0.39, 0.29) is 16.7 Å². The Labute approximate surface area is 141 Å². The van der Waals surface area contributed by atoms with Gasteiger partial charge in [0.15, 0.2) is 6.61 Å². The third kappa shape index (κ3) is 4.44. The summed E-state index contributed by atoms with van der Waals surface area (Å²) in [6.07, 6.45) is 0. The second-order valence-corrected chi connectivity index (χ2v) is 4.91. The second kappa shape index (κ2) is 7.78. The molecule has 0 amide bonds. The normalized spacial score (nSPS) is 9.92.